The number of ether oxygens (including phenoxy) is 3. The highest BCUT2D eigenvalue weighted by atomic mass is 127. The highest BCUT2D eigenvalue weighted by molar-refractivity contribution is 14.1. The first-order valence-electron chi connectivity index (χ1n) is 11.9. The number of methoxy groups -OCH3 is 2. The molecule has 38 heavy (non-hydrogen) atoms. The van der Waals surface area contributed by atoms with Crippen molar-refractivity contribution in [2.24, 2.45) is 4.99 Å². The third-order valence-electron chi connectivity index (χ3n) is 5.97. The predicted molar refractivity (Wildman–Crippen MR) is 158 cm³/mol. The Balaban J connectivity index is 2.08. The van der Waals surface area contributed by atoms with E-state index < -0.39 is 12.0 Å². The molecule has 0 amide bonds. The lowest BCUT2D eigenvalue weighted by Gasteiger charge is -2.27. The van der Waals surface area contributed by atoms with Crippen molar-refractivity contribution in [3.8, 4) is 17.2 Å². The van der Waals surface area contributed by atoms with E-state index in [4.69, 9.17) is 19.2 Å². The van der Waals surface area contributed by atoms with E-state index >= 15 is 0 Å². The summed E-state index contributed by atoms with van der Waals surface area (Å²) in [5.74, 6) is 0.575. The van der Waals surface area contributed by atoms with Crippen LogP contribution in [0.3, 0.4) is 0 Å². The average molecular weight is 713 g/mol. The van der Waals surface area contributed by atoms with Crippen LogP contribution in [0, 0.1) is 3.57 Å². The maximum absolute atomic E-state index is 14.0. The number of aromatic nitrogens is 1. The standard InChI is InChI=1S/C27H26BrIN2O6S/c1-5-7-19-22(26(34)37-6-2)23(17-13-16(35-3)8-9-20(17)36-4)31-25(33)21(38-27(31)30-19)11-14-10-15(28)12-18(29)24(14)32/h8-13,23,32H,5-7H2,1-4H3/b21-11-/t23-/m1/s1. The summed E-state index contributed by atoms with van der Waals surface area (Å²) in [4.78, 5) is 32.6. The second-order valence-electron chi connectivity index (χ2n) is 8.35. The van der Waals surface area contributed by atoms with Crippen LogP contribution in [-0.4, -0.2) is 36.5 Å². The molecule has 2 aromatic carbocycles. The molecule has 0 saturated heterocycles. The van der Waals surface area contributed by atoms with Crippen LogP contribution < -0.4 is 24.4 Å². The smallest absolute Gasteiger partial charge is 0.338 e. The number of carbonyl (C=O) groups excluding carboxylic acids is 1. The largest absolute Gasteiger partial charge is 0.506 e. The van der Waals surface area contributed by atoms with Crippen LogP contribution in [0.15, 0.2) is 55.9 Å². The molecule has 8 nitrogen and oxygen atoms in total. The van der Waals surface area contributed by atoms with Crippen LogP contribution in [0.2, 0.25) is 0 Å². The van der Waals surface area contributed by atoms with E-state index in [1.54, 1.807) is 50.4 Å². The van der Waals surface area contributed by atoms with Gasteiger partial charge in [-0.1, -0.05) is 40.6 Å². The van der Waals surface area contributed by atoms with E-state index in [0.717, 1.165) is 10.9 Å². The minimum atomic E-state index is -0.852. The molecule has 1 aliphatic rings. The second kappa shape index (κ2) is 12.0. The minimum Gasteiger partial charge on any atom is -0.506 e. The molecule has 1 aliphatic heterocycles. The van der Waals surface area contributed by atoms with Gasteiger partial charge in [-0.15, -0.1) is 0 Å². The lowest BCUT2D eigenvalue weighted by molar-refractivity contribution is -0.139. The maximum atomic E-state index is 14.0. The SMILES string of the molecule is CCCC1=C(C(=O)OCC)[C@@H](c2cc(OC)ccc2OC)n2c(s/c(=C\c3cc(Br)cc(I)c3O)c2=O)=N1. The summed E-state index contributed by atoms with van der Waals surface area (Å²) in [5, 5.41) is 10.6. The highest BCUT2D eigenvalue weighted by Gasteiger charge is 2.36. The Bertz CT molecular complexity index is 1610. The molecule has 0 bridgehead atoms. The van der Waals surface area contributed by atoms with Gasteiger partial charge in [0, 0.05) is 15.6 Å². The van der Waals surface area contributed by atoms with Crippen molar-refractivity contribution >= 4 is 61.9 Å². The zero-order valence-electron chi connectivity index (χ0n) is 21.2. The van der Waals surface area contributed by atoms with Crippen molar-refractivity contribution in [3.05, 3.63) is 80.5 Å². The van der Waals surface area contributed by atoms with Crippen molar-refractivity contribution < 1.29 is 24.1 Å². The molecular formula is C27H26BrIN2O6S. The molecule has 2 heterocycles. The number of allylic oxidation sites excluding steroid dienone is 1. The van der Waals surface area contributed by atoms with Crippen LogP contribution in [-0.2, 0) is 9.53 Å². The number of fused-ring (bicyclic) bond motifs is 1. The Hall–Kier alpha value is -2.64. The fourth-order valence-corrected chi connectivity index (χ4v) is 6.87. The molecule has 0 fully saturated rings. The number of benzene rings is 2. The van der Waals surface area contributed by atoms with Crippen LogP contribution >= 0.6 is 49.9 Å². The molecular weight excluding hydrogens is 687 g/mol. The number of hydrogen-bond acceptors (Lipinski definition) is 8. The van der Waals surface area contributed by atoms with Crippen LogP contribution in [0.5, 0.6) is 17.2 Å². The molecule has 11 heteroatoms. The van der Waals surface area contributed by atoms with Crippen LogP contribution in [0.25, 0.3) is 6.08 Å². The van der Waals surface area contributed by atoms with Crippen molar-refractivity contribution in [1.29, 1.82) is 0 Å². The first-order chi connectivity index (χ1) is 18.2. The summed E-state index contributed by atoms with van der Waals surface area (Å²) in [6.45, 7) is 3.91. The van der Waals surface area contributed by atoms with Gasteiger partial charge in [0.15, 0.2) is 4.80 Å². The van der Waals surface area contributed by atoms with Gasteiger partial charge in [-0.25, -0.2) is 9.79 Å². The zero-order chi connectivity index (χ0) is 27.6. The van der Waals surface area contributed by atoms with E-state index in [1.165, 1.54) is 23.0 Å². The van der Waals surface area contributed by atoms with Crippen molar-refractivity contribution in [3.63, 3.8) is 0 Å². The van der Waals surface area contributed by atoms with E-state index in [2.05, 4.69) is 15.9 Å². The average Bonchev–Trinajstić information content (AvgIpc) is 3.20. The number of phenolic OH excluding ortho intramolecular Hbond substituents is 1. The van der Waals surface area contributed by atoms with Gasteiger partial charge in [-0.2, -0.15) is 0 Å². The number of nitrogens with zero attached hydrogens (tertiary/aromatic N) is 2. The van der Waals surface area contributed by atoms with E-state index in [1.807, 2.05) is 29.5 Å². The quantitative estimate of drug-likeness (QED) is 0.270. The van der Waals surface area contributed by atoms with Crippen molar-refractivity contribution in [2.75, 3.05) is 20.8 Å². The van der Waals surface area contributed by atoms with Crippen molar-refractivity contribution in [2.45, 2.75) is 32.7 Å². The molecule has 1 atom stereocenters. The number of carbonyl (C=O) groups is 1. The fourth-order valence-electron chi connectivity index (χ4n) is 4.31. The number of hydrogen-bond donors (Lipinski definition) is 1. The normalized spacial score (nSPS) is 15.2. The summed E-state index contributed by atoms with van der Waals surface area (Å²) in [5.41, 5.74) is 1.57. The Morgan fingerprint density at radius 3 is 2.66 bits per heavy atom. The van der Waals surface area contributed by atoms with Gasteiger partial charge in [-0.05, 0) is 72.3 Å². The Labute approximate surface area is 245 Å². The summed E-state index contributed by atoms with van der Waals surface area (Å²) in [6, 6.07) is 7.93. The first kappa shape index (κ1) is 28.4. The van der Waals surface area contributed by atoms with Gasteiger partial charge >= 0.3 is 5.97 Å². The number of halogens is 2. The first-order valence-corrected chi connectivity index (χ1v) is 14.5. The van der Waals surface area contributed by atoms with Gasteiger partial charge < -0.3 is 19.3 Å². The second-order valence-corrected chi connectivity index (χ2v) is 11.4. The van der Waals surface area contributed by atoms with Crippen molar-refractivity contribution in [1.82, 2.24) is 4.57 Å². The molecule has 0 saturated carbocycles. The number of esters is 1. The number of aromatic hydroxyl groups is 1. The number of thiazole rings is 1. The molecule has 0 spiro atoms. The summed E-state index contributed by atoms with van der Waals surface area (Å²) >= 11 is 6.68. The lowest BCUT2D eigenvalue weighted by atomic mass is 9.93. The van der Waals surface area contributed by atoms with E-state index in [9.17, 15) is 14.7 Å². The molecule has 3 aromatic rings. The van der Waals surface area contributed by atoms with Gasteiger partial charge in [0.05, 0.1) is 40.2 Å². The predicted octanol–water partition coefficient (Wildman–Crippen LogP) is 4.67. The topological polar surface area (TPSA) is 99.4 Å². The van der Waals surface area contributed by atoms with Gasteiger partial charge in [0.25, 0.3) is 5.56 Å². The molecule has 1 N–H and O–H groups in total. The number of phenols is 1. The highest BCUT2D eigenvalue weighted by Crippen LogP contribution is 2.39. The van der Waals surface area contributed by atoms with Crippen LogP contribution in [0.1, 0.15) is 43.9 Å². The Kier molecular flexibility index (Phi) is 8.99. The fraction of sp³-hybridized carbons (Fsp3) is 0.296. The van der Waals surface area contributed by atoms with Gasteiger partial charge in [0.2, 0.25) is 0 Å². The zero-order valence-corrected chi connectivity index (χ0v) is 25.8. The van der Waals surface area contributed by atoms with E-state index in [0.29, 0.717) is 53.2 Å². The Morgan fingerprint density at radius 2 is 2.00 bits per heavy atom. The Morgan fingerprint density at radius 1 is 1.24 bits per heavy atom. The minimum absolute atomic E-state index is 0.0736. The third-order valence-corrected chi connectivity index (χ3v) is 8.23. The van der Waals surface area contributed by atoms with Gasteiger partial charge in [0.1, 0.15) is 23.3 Å². The van der Waals surface area contributed by atoms with E-state index in [-0.39, 0.29) is 17.9 Å². The maximum Gasteiger partial charge on any atom is 0.338 e. The summed E-state index contributed by atoms with van der Waals surface area (Å²) in [6.07, 6.45) is 2.90. The molecule has 4 rings (SSSR count). The summed E-state index contributed by atoms with van der Waals surface area (Å²) < 4.78 is 19.9. The monoisotopic (exact) mass is 712 g/mol. The molecule has 1 aromatic heterocycles. The molecule has 0 aliphatic carbocycles. The molecule has 200 valence electrons. The van der Waals surface area contributed by atoms with Crippen LogP contribution in [0.4, 0.5) is 0 Å². The summed E-state index contributed by atoms with van der Waals surface area (Å²) in [7, 11) is 3.08. The lowest BCUT2D eigenvalue weighted by Crippen LogP contribution is -2.40. The third kappa shape index (κ3) is 5.41. The number of rotatable bonds is 8. The molecule has 0 radical (unpaired) electrons. The molecule has 0 unspecified atom stereocenters. The van der Waals surface area contributed by atoms with Gasteiger partial charge in [-0.3, -0.25) is 9.36 Å².